The molecule has 5 rings (SSSR count). The lowest BCUT2D eigenvalue weighted by Gasteiger charge is -2.20. The zero-order valence-electron chi connectivity index (χ0n) is 19.9. The van der Waals surface area contributed by atoms with Gasteiger partial charge in [-0.25, -0.2) is 10.2 Å². The minimum absolute atomic E-state index is 0.0645. The van der Waals surface area contributed by atoms with Gasteiger partial charge in [0.1, 0.15) is 5.03 Å². The minimum Gasteiger partial charge on any atom is -0.266 e. The van der Waals surface area contributed by atoms with E-state index in [1.54, 1.807) is 23.9 Å². The number of benzene rings is 3. The molecule has 0 amide bonds. The van der Waals surface area contributed by atoms with Crippen LogP contribution < -0.4 is 11.1 Å². The fourth-order valence-electron chi connectivity index (χ4n) is 4.13. The Hall–Kier alpha value is -4.15. The number of hydrazine groups is 2. The predicted molar refractivity (Wildman–Crippen MR) is 140 cm³/mol. The van der Waals surface area contributed by atoms with E-state index in [0.717, 1.165) is 38.7 Å². The van der Waals surface area contributed by atoms with E-state index in [9.17, 15) is 10.1 Å². The maximum atomic E-state index is 11.0. The van der Waals surface area contributed by atoms with Gasteiger partial charge in [-0.2, -0.15) is 5.10 Å². The van der Waals surface area contributed by atoms with Gasteiger partial charge in [-0.3, -0.25) is 15.1 Å². The number of hydrazone groups is 1. The molecule has 0 atom stereocenters. The number of aromatic nitrogens is 2. The van der Waals surface area contributed by atoms with Crippen LogP contribution in [0.15, 0.2) is 89.1 Å². The monoisotopic (exact) mass is 499 g/mol. The average Bonchev–Trinajstić information content (AvgIpc) is 3.50. The van der Waals surface area contributed by atoms with Crippen LogP contribution in [0.4, 0.5) is 5.69 Å². The molecule has 0 aliphatic carbocycles. The van der Waals surface area contributed by atoms with Gasteiger partial charge in [-0.15, -0.1) is 22.4 Å². The van der Waals surface area contributed by atoms with Crippen LogP contribution in [-0.4, -0.2) is 25.5 Å². The molecule has 0 bridgehead atoms. The fourth-order valence-corrected chi connectivity index (χ4v) is 5.19. The van der Waals surface area contributed by atoms with Crippen molar-refractivity contribution in [3.63, 3.8) is 0 Å². The molecule has 1 aliphatic rings. The highest BCUT2D eigenvalue weighted by molar-refractivity contribution is 7.98. The summed E-state index contributed by atoms with van der Waals surface area (Å²) < 4.78 is 2.00. The first-order chi connectivity index (χ1) is 17.5. The van der Waals surface area contributed by atoms with Crippen LogP contribution in [-0.2, 0) is 12.3 Å². The molecule has 10 heteroatoms. The van der Waals surface area contributed by atoms with Crippen LogP contribution in [0.5, 0.6) is 0 Å². The number of amidine groups is 1. The summed E-state index contributed by atoms with van der Waals surface area (Å²) >= 11 is 1.71. The number of thioether (sulfide) groups is 1. The van der Waals surface area contributed by atoms with Crippen molar-refractivity contribution < 1.29 is 4.92 Å². The van der Waals surface area contributed by atoms with Crippen molar-refractivity contribution in [2.75, 3.05) is 0 Å². The van der Waals surface area contributed by atoms with Crippen LogP contribution in [0, 0.1) is 24.0 Å². The summed E-state index contributed by atoms with van der Waals surface area (Å²) in [6.07, 6.45) is 1.84. The van der Waals surface area contributed by atoms with Gasteiger partial charge in [-0.05, 0) is 36.1 Å². The normalized spacial score (nSPS) is 12.9. The lowest BCUT2D eigenvalue weighted by atomic mass is 10.1. The molecule has 1 aliphatic heterocycles. The quantitative estimate of drug-likeness (QED) is 0.203. The van der Waals surface area contributed by atoms with Gasteiger partial charge >= 0.3 is 0 Å². The number of para-hydroxylation sites is 1. The third-order valence-corrected chi connectivity index (χ3v) is 7.07. The molecule has 0 unspecified atom stereocenters. The van der Waals surface area contributed by atoms with E-state index < -0.39 is 4.92 Å². The Morgan fingerprint density at radius 2 is 1.67 bits per heavy atom. The van der Waals surface area contributed by atoms with E-state index in [1.807, 2.05) is 34.1 Å². The van der Waals surface area contributed by atoms with E-state index in [4.69, 9.17) is 5.10 Å². The number of nitro benzene ring substituents is 1. The van der Waals surface area contributed by atoms with Gasteiger partial charge in [0.2, 0.25) is 0 Å². The summed E-state index contributed by atoms with van der Waals surface area (Å²) in [6, 6.07) is 23.1. The third-order valence-electron chi connectivity index (χ3n) is 5.93. The largest absolute Gasteiger partial charge is 0.269 e. The van der Waals surface area contributed by atoms with Crippen molar-refractivity contribution in [1.29, 1.82) is 0 Å². The Morgan fingerprint density at radius 1 is 0.944 bits per heavy atom. The van der Waals surface area contributed by atoms with Crippen molar-refractivity contribution >= 4 is 23.3 Å². The van der Waals surface area contributed by atoms with Gasteiger partial charge in [0.05, 0.1) is 28.9 Å². The second-order valence-corrected chi connectivity index (χ2v) is 9.42. The lowest BCUT2D eigenvalue weighted by molar-refractivity contribution is -0.384. The summed E-state index contributed by atoms with van der Waals surface area (Å²) in [5.74, 6) is 1.47. The highest BCUT2D eigenvalue weighted by atomic mass is 32.2. The Bertz CT molecular complexity index is 1400. The average molecular weight is 500 g/mol. The van der Waals surface area contributed by atoms with Gasteiger partial charge < -0.3 is 0 Å². The Labute approximate surface area is 212 Å². The number of non-ortho nitro benzene ring substituents is 1. The molecule has 3 aromatic carbocycles. The van der Waals surface area contributed by atoms with E-state index in [2.05, 4.69) is 60.4 Å². The second kappa shape index (κ2) is 10.2. The molecule has 1 aromatic heterocycles. The van der Waals surface area contributed by atoms with E-state index in [-0.39, 0.29) is 5.69 Å². The summed E-state index contributed by atoms with van der Waals surface area (Å²) in [4.78, 5) is 10.6. The van der Waals surface area contributed by atoms with Crippen molar-refractivity contribution in [3.05, 3.63) is 117 Å². The molecule has 0 radical (unpaired) electrons. The Morgan fingerprint density at radius 3 is 2.36 bits per heavy atom. The van der Waals surface area contributed by atoms with Crippen LogP contribution in [0.2, 0.25) is 0 Å². The van der Waals surface area contributed by atoms with Crippen molar-refractivity contribution in [1.82, 2.24) is 25.9 Å². The molecule has 0 spiro atoms. The molecular weight excluding hydrogens is 474 g/mol. The van der Waals surface area contributed by atoms with Crippen LogP contribution in [0.1, 0.15) is 27.8 Å². The van der Waals surface area contributed by atoms with E-state index >= 15 is 0 Å². The SMILES string of the molecule is Cc1cccc(C)c1-n1ncc(C2=NNNN2Cc2ccc([N+](=O)[O-])cc2)c1SCc1ccccc1. The minimum atomic E-state index is -0.398. The number of hydrogen-bond acceptors (Lipinski definition) is 8. The number of hydrogen-bond donors (Lipinski definition) is 2. The predicted octanol–water partition coefficient (Wildman–Crippen LogP) is 4.88. The smallest absolute Gasteiger partial charge is 0.266 e. The summed E-state index contributed by atoms with van der Waals surface area (Å²) in [5, 5.41) is 23.2. The molecule has 0 fully saturated rings. The second-order valence-electron chi connectivity index (χ2n) is 8.46. The Kier molecular flexibility index (Phi) is 6.70. The number of nitro groups is 1. The Balaban J connectivity index is 1.49. The molecule has 4 aromatic rings. The van der Waals surface area contributed by atoms with Gasteiger partial charge in [0.25, 0.3) is 5.69 Å². The maximum absolute atomic E-state index is 11.0. The molecule has 9 nitrogen and oxygen atoms in total. The number of nitrogens with zero attached hydrogens (tertiary/aromatic N) is 5. The summed E-state index contributed by atoms with van der Waals surface area (Å²) in [5.41, 5.74) is 12.3. The first kappa shape index (κ1) is 23.6. The number of aryl methyl sites for hydroxylation is 2. The molecule has 182 valence electrons. The maximum Gasteiger partial charge on any atom is 0.269 e. The zero-order valence-corrected chi connectivity index (χ0v) is 20.7. The molecule has 36 heavy (non-hydrogen) atoms. The third kappa shape index (κ3) is 4.81. The number of nitrogens with one attached hydrogen (secondary N) is 2. The van der Waals surface area contributed by atoms with E-state index in [0.29, 0.717) is 12.4 Å². The summed E-state index contributed by atoms with van der Waals surface area (Å²) in [6.45, 7) is 4.64. The first-order valence-electron chi connectivity index (χ1n) is 11.4. The first-order valence-corrected chi connectivity index (χ1v) is 12.4. The standard InChI is InChI=1S/C26H25N7O2S/c1-18-7-6-8-19(2)24(18)32-26(36-17-21-9-4-3-5-10-21)23(15-27-32)25-28-29-30-31(25)16-20-11-13-22(14-12-20)33(34)35/h3-15,29-30H,16-17H2,1-2H3. The highest BCUT2D eigenvalue weighted by Crippen LogP contribution is 2.32. The molecule has 2 N–H and O–H groups in total. The molecule has 0 saturated carbocycles. The fraction of sp³-hybridized carbons (Fsp3) is 0.154. The van der Waals surface area contributed by atoms with Gasteiger partial charge in [-0.1, -0.05) is 60.7 Å². The highest BCUT2D eigenvalue weighted by Gasteiger charge is 2.26. The van der Waals surface area contributed by atoms with Gasteiger partial charge in [0.15, 0.2) is 5.84 Å². The number of rotatable bonds is 8. The van der Waals surface area contributed by atoms with Crippen molar-refractivity contribution in [2.24, 2.45) is 5.10 Å². The lowest BCUT2D eigenvalue weighted by Crippen LogP contribution is -2.40. The summed E-state index contributed by atoms with van der Waals surface area (Å²) in [7, 11) is 0. The van der Waals surface area contributed by atoms with Gasteiger partial charge in [0, 0.05) is 17.9 Å². The molecular formula is C26H25N7O2S. The topological polar surface area (TPSA) is 101 Å². The van der Waals surface area contributed by atoms with Crippen LogP contribution in [0.25, 0.3) is 5.69 Å². The van der Waals surface area contributed by atoms with Crippen molar-refractivity contribution in [2.45, 2.75) is 31.2 Å². The van der Waals surface area contributed by atoms with Crippen molar-refractivity contribution in [3.8, 4) is 5.69 Å². The zero-order chi connectivity index (χ0) is 25.1. The molecule has 0 saturated heterocycles. The van der Waals surface area contributed by atoms with Crippen LogP contribution in [0.3, 0.4) is 0 Å². The molecule has 2 heterocycles. The van der Waals surface area contributed by atoms with Crippen LogP contribution >= 0.6 is 11.8 Å². The van der Waals surface area contributed by atoms with E-state index in [1.165, 1.54) is 17.7 Å².